The Hall–Kier alpha value is -4.88. The van der Waals surface area contributed by atoms with Crippen molar-refractivity contribution in [2.24, 2.45) is 0 Å². The number of halogens is 1. The van der Waals surface area contributed by atoms with E-state index in [1.807, 2.05) is 30.4 Å². The summed E-state index contributed by atoms with van der Waals surface area (Å²) >= 11 is 3.48. The number of benzene rings is 5. The van der Waals surface area contributed by atoms with Crippen LogP contribution in [0.5, 0.6) is 11.5 Å². The molecule has 0 fully saturated rings. The Morgan fingerprint density at radius 1 is 0.844 bits per heavy atom. The van der Waals surface area contributed by atoms with E-state index in [0.717, 1.165) is 44.6 Å². The first kappa shape index (κ1) is 28.9. The highest BCUT2D eigenvalue weighted by Crippen LogP contribution is 2.62. The Labute approximate surface area is 270 Å². The minimum absolute atomic E-state index is 0.0812. The third-order valence-corrected chi connectivity index (χ3v) is 10.1. The zero-order valence-electron chi connectivity index (χ0n) is 25.4. The van der Waals surface area contributed by atoms with Crippen molar-refractivity contribution in [1.29, 1.82) is 0 Å². The molecule has 6 nitrogen and oxygen atoms in total. The van der Waals surface area contributed by atoms with Crippen LogP contribution in [0, 0.1) is 10.1 Å². The molecular weight excluding hydrogens is 628 g/mol. The highest BCUT2D eigenvalue weighted by molar-refractivity contribution is 9.10. The number of hydrogen-bond acceptors (Lipinski definition) is 5. The summed E-state index contributed by atoms with van der Waals surface area (Å²) in [4.78, 5) is 13.7. The molecule has 1 atom stereocenters. The molecule has 0 bridgehead atoms. The van der Waals surface area contributed by atoms with Crippen LogP contribution in [0.4, 0.5) is 11.4 Å². The Kier molecular flexibility index (Phi) is 6.82. The van der Waals surface area contributed by atoms with Gasteiger partial charge in [0, 0.05) is 18.2 Å². The van der Waals surface area contributed by atoms with Crippen LogP contribution >= 0.6 is 15.9 Å². The largest absolute Gasteiger partial charge is 0.493 e. The molecule has 0 aliphatic carbocycles. The predicted molar refractivity (Wildman–Crippen MR) is 184 cm³/mol. The molecule has 5 aromatic carbocycles. The van der Waals surface area contributed by atoms with Gasteiger partial charge in [0.05, 0.1) is 29.2 Å². The van der Waals surface area contributed by atoms with Gasteiger partial charge in [0.25, 0.3) is 5.69 Å². The number of likely N-dealkylation sites (N-methyl/N-ethyl adjacent to an activating group) is 1. The summed E-state index contributed by atoms with van der Waals surface area (Å²) in [6.45, 7) is 4.42. The van der Waals surface area contributed by atoms with Gasteiger partial charge in [0.15, 0.2) is 11.5 Å². The molecule has 5 aromatic rings. The molecule has 0 radical (unpaired) electrons. The van der Waals surface area contributed by atoms with Crippen molar-refractivity contribution in [2.75, 3.05) is 19.1 Å². The van der Waals surface area contributed by atoms with Crippen molar-refractivity contribution in [1.82, 2.24) is 0 Å². The Bertz CT molecular complexity index is 1990. The first-order valence-corrected chi connectivity index (χ1v) is 15.5. The van der Waals surface area contributed by atoms with E-state index < -0.39 is 16.1 Å². The fourth-order valence-electron chi connectivity index (χ4n) is 7.05. The van der Waals surface area contributed by atoms with Crippen molar-refractivity contribution in [3.05, 3.63) is 135 Å². The van der Waals surface area contributed by atoms with Crippen LogP contribution in [-0.2, 0) is 5.41 Å². The molecular formula is C38H31BrN2O4. The molecule has 0 aromatic heterocycles. The van der Waals surface area contributed by atoms with Gasteiger partial charge in [-0.25, -0.2) is 0 Å². The van der Waals surface area contributed by atoms with Crippen LogP contribution < -0.4 is 14.4 Å². The molecule has 0 saturated heterocycles. The number of nitrogens with zero attached hydrogens (tertiary/aromatic N) is 2. The summed E-state index contributed by atoms with van der Waals surface area (Å²) in [5.74, 6) is 0.760. The molecule has 0 amide bonds. The third-order valence-electron chi connectivity index (χ3n) is 9.23. The summed E-state index contributed by atoms with van der Waals surface area (Å²) in [6, 6.07) is 35.2. The van der Waals surface area contributed by atoms with Crippen molar-refractivity contribution < 1.29 is 14.4 Å². The van der Waals surface area contributed by atoms with E-state index >= 15 is 0 Å². The molecule has 2 aliphatic rings. The summed E-state index contributed by atoms with van der Waals surface area (Å²) in [5, 5.41) is 11.9. The van der Waals surface area contributed by atoms with Gasteiger partial charge in [-0.05, 0) is 81.4 Å². The smallest absolute Gasteiger partial charge is 0.288 e. The maximum absolute atomic E-state index is 11.9. The number of nitro groups is 1. The molecule has 1 unspecified atom stereocenters. The van der Waals surface area contributed by atoms with E-state index in [2.05, 4.69) is 121 Å². The third kappa shape index (κ3) is 4.21. The highest BCUT2D eigenvalue weighted by Gasteiger charge is 2.60. The molecule has 2 heterocycles. The summed E-state index contributed by atoms with van der Waals surface area (Å²) in [6.07, 6.45) is 3.96. The van der Waals surface area contributed by atoms with Crippen molar-refractivity contribution >= 4 is 33.4 Å². The van der Waals surface area contributed by atoms with E-state index in [0.29, 0.717) is 21.5 Å². The van der Waals surface area contributed by atoms with Crippen LogP contribution in [-0.4, -0.2) is 24.8 Å². The lowest BCUT2D eigenvalue weighted by molar-refractivity contribution is -0.385. The summed E-state index contributed by atoms with van der Waals surface area (Å²) < 4.78 is 13.2. The number of rotatable bonds is 5. The van der Waals surface area contributed by atoms with Crippen LogP contribution in [0.1, 0.15) is 25.0 Å². The predicted octanol–water partition coefficient (Wildman–Crippen LogP) is 9.90. The average molecular weight is 660 g/mol. The van der Waals surface area contributed by atoms with Gasteiger partial charge in [-0.1, -0.05) is 91.0 Å². The zero-order chi connectivity index (χ0) is 31.5. The number of anilines is 1. The number of nitro benzene ring substituents is 1. The average Bonchev–Trinajstić information content (AvgIpc) is 3.23. The molecule has 0 saturated carbocycles. The monoisotopic (exact) mass is 658 g/mol. The lowest BCUT2D eigenvalue weighted by atomic mass is 9.72. The van der Waals surface area contributed by atoms with Gasteiger partial charge in [-0.2, -0.15) is 0 Å². The van der Waals surface area contributed by atoms with Crippen LogP contribution in [0.15, 0.2) is 114 Å². The minimum atomic E-state index is -0.993. The lowest BCUT2D eigenvalue weighted by Crippen LogP contribution is -2.58. The van der Waals surface area contributed by atoms with Crippen LogP contribution in [0.2, 0.25) is 0 Å². The van der Waals surface area contributed by atoms with Gasteiger partial charge in [-0.3, -0.25) is 10.1 Å². The second kappa shape index (κ2) is 10.6. The number of fused-ring (bicyclic) bond motifs is 2. The topological polar surface area (TPSA) is 64.8 Å². The van der Waals surface area contributed by atoms with Crippen molar-refractivity contribution in [2.45, 2.75) is 25.0 Å². The quantitative estimate of drug-likeness (QED) is 0.139. The molecule has 224 valence electrons. The Morgan fingerprint density at radius 2 is 1.40 bits per heavy atom. The van der Waals surface area contributed by atoms with E-state index in [4.69, 9.17) is 9.47 Å². The maximum atomic E-state index is 11.9. The summed E-state index contributed by atoms with van der Waals surface area (Å²) in [5.41, 5.74) is 7.81. The molecule has 2 aliphatic heterocycles. The first-order valence-electron chi connectivity index (χ1n) is 14.7. The van der Waals surface area contributed by atoms with E-state index in [1.165, 1.54) is 13.2 Å². The second-order valence-corrected chi connectivity index (χ2v) is 12.7. The van der Waals surface area contributed by atoms with Gasteiger partial charge >= 0.3 is 0 Å². The lowest BCUT2D eigenvalue weighted by Gasteiger charge is -2.46. The van der Waals surface area contributed by atoms with E-state index in [-0.39, 0.29) is 5.69 Å². The maximum Gasteiger partial charge on any atom is 0.288 e. The minimum Gasteiger partial charge on any atom is -0.493 e. The standard InChI is InChI=1S/C38H31BrN2O4/c1-37(2)33-29(25-16-10-6-11-17-25)22-28(24-14-8-5-9-15-24)32(26-18-12-7-13-19-26)35(33)40(3)38(37)21-20-27-34(39)30(41(42)43)23-31(44-4)36(27)45-38/h5-23H,1-4H3. The second-order valence-electron chi connectivity index (χ2n) is 11.9. The first-order chi connectivity index (χ1) is 21.7. The van der Waals surface area contributed by atoms with Crippen molar-refractivity contribution in [3.63, 3.8) is 0 Å². The van der Waals surface area contributed by atoms with Crippen molar-refractivity contribution in [3.8, 4) is 44.9 Å². The van der Waals surface area contributed by atoms with E-state index in [1.54, 1.807) is 0 Å². The fraction of sp³-hybridized carbons (Fsp3) is 0.158. The number of methoxy groups -OCH3 is 1. The van der Waals surface area contributed by atoms with Gasteiger partial charge in [0.2, 0.25) is 5.72 Å². The highest BCUT2D eigenvalue weighted by atomic mass is 79.9. The summed E-state index contributed by atoms with van der Waals surface area (Å²) in [7, 11) is 3.58. The van der Waals surface area contributed by atoms with Gasteiger partial charge < -0.3 is 14.4 Å². The molecule has 7 rings (SSSR count). The molecule has 1 spiro atoms. The Balaban J connectivity index is 1.57. The fourth-order valence-corrected chi connectivity index (χ4v) is 7.62. The normalized spacial score (nSPS) is 17.5. The molecule has 45 heavy (non-hydrogen) atoms. The molecule has 7 heteroatoms. The van der Waals surface area contributed by atoms with Crippen LogP contribution in [0.25, 0.3) is 39.5 Å². The van der Waals surface area contributed by atoms with Crippen LogP contribution in [0.3, 0.4) is 0 Å². The SMILES string of the molecule is COc1cc([N+](=O)[O-])c(Br)c2c1OC1(C=C2)N(C)c2c(-c3ccccc3)c(-c3ccccc3)cc(-c3ccccc3)c2C1(C)C. The zero-order valence-corrected chi connectivity index (χ0v) is 27.0. The number of hydrogen-bond donors (Lipinski definition) is 0. The van der Waals surface area contributed by atoms with Gasteiger partial charge in [-0.15, -0.1) is 0 Å². The van der Waals surface area contributed by atoms with E-state index in [9.17, 15) is 10.1 Å². The van der Waals surface area contributed by atoms with Gasteiger partial charge in [0.1, 0.15) is 4.47 Å². The number of ether oxygens (including phenoxy) is 2. The Morgan fingerprint density at radius 3 is 1.96 bits per heavy atom. The molecule has 0 N–H and O–H groups in total.